The molecule has 1 aromatic carbocycles. The van der Waals surface area contributed by atoms with E-state index in [1.807, 2.05) is 0 Å². The minimum absolute atomic E-state index is 0.217. The van der Waals surface area contributed by atoms with Gasteiger partial charge in [0.1, 0.15) is 0 Å². The van der Waals surface area contributed by atoms with Crippen LogP contribution in [-0.4, -0.2) is 34.4 Å². The molecule has 1 aromatic rings. The summed E-state index contributed by atoms with van der Waals surface area (Å²) >= 11 is 0. The number of nitrogens with zero attached hydrogens (tertiary/aromatic N) is 2. The number of ketones is 1. The SMILES string of the molecule is CCOC(=O)C(F)C(=O)c1c([N+](=O)[O-])cccc1[N+](=O)[O-]. The number of Topliss-reactive ketones (excluding diaryl/α,β-unsaturated/α-hetero) is 1. The van der Waals surface area contributed by atoms with E-state index in [9.17, 15) is 34.2 Å². The molecule has 0 saturated heterocycles. The van der Waals surface area contributed by atoms with Crippen LogP contribution in [0.3, 0.4) is 0 Å². The van der Waals surface area contributed by atoms with Gasteiger partial charge in [-0.25, -0.2) is 9.18 Å². The van der Waals surface area contributed by atoms with Crippen LogP contribution in [0.4, 0.5) is 15.8 Å². The Labute approximate surface area is 116 Å². The summed E-state index contributed by atoms with van der Waals surface area (Å²) in [7, 11) is 0. The lowest BCUT2D eigenvalue weighted by Gasteiger charge is -2.07. The van der Waals surface area contributed by atoms with Crippen molar-refractivity contribution in [2.24, 2.45) is 0 Å². The van der Waals surface area contributed by atoms with Crippen molar-refractivity contribution in [2.75, 3.05) is 6.61 Å². The van der Waals surface area contributed by atoms with Gasteiger partial charge in [0, 0.05) is 12.1 Å². The van der Waals surface area contributed by atoms with Crippen LogP contribution in [0.1, 0.15) is 17.3 Å². The highest BCUT2D eigenvalue weighted by Crippen LogP contribution is 2.30. The molecule has 1 atom stereocenters. The first-order valence-corrected chi connectivity index (χ1v) is 5.58. The number of nitro groups is 2. The number of rotatable bonds is 6. The molecule has 0 fully saturated rings. The topological polar surface area (TPSA) is 130 Å². The lowest BCUT2D eigenvalue weighted by molar-refractivity contribution is -0.394. The van der Waals surface area contributed by atoms with Gasteiger partial charge in [0.25, 0.3) is 17.5 Å². The summed E-state index contributed by atoms with van der Waals surface area (Å²) in [5, 5.41) is 21.6. The maximum absolute atomic E-state index is 13.7. The number of alkyl halides is 1. The molecule has 21 heavy (non-hydrogen) atoms. The number of halogens is 1. The first kappa shape index (κ1) is 16.1. The molecule has 1 unspecified atom stereocenters. The number of benzene rings is 1. The van der Waals surface area contributed by atoms with Gasteiger partial charge in [0.05, 0.1) is 16.5 Å². The third-order valence-electron chi connectivity index (χ3n) is 2.38. The van der Waals surface area contributed by atoms with Crippen molar-refractivity contribution in [3.63, 3.8) is 0 Å². The van der Waals surface area contributed by atoms with Crippen LogP contribution in [0.5, 0.6) is 0 Å². The molecule has 0 aliphatic carbocycles. The molecule has 0 saturated carbocycles. The van der Waals surface area contributed by atoms with E-state index in [-0.39, 0.29) is 6.61 Å². The second-order valence-electron chi connectivity index (χ2n) is 3.66. The molecule has 9 nitrogen and oxygen atoms in total. The zero-order valence-electron chi connectivity index (χ0n) is 10.6. The van der Waals surface area contributed by atoms with Crippen molar-refractivity contribution in [2.45, 2.75) is 13.1 Å². The van der Waals surface area contributed by atoms with Gasteiger partial charge in [0.15, 0.2) is 5.56 Å². The van der Waals surface area contributed by atoms with Crippen molar-refractivity contribution >= 4 is 23.1 Å². The van der Waals surface area contributed by atoms with Crippen molar-refractivity contribution in [1.29, 1.82) is 0 Å². The van der Waals surface area contributed by atoms with E-state index >= 15 is 0 Å². The van der Waals surface area contributed by atoms with Gasteiger partial charge in [-0.3, -0.25) is 25.0 Å². The van der Waals surface area contributed by atoms with Gasteiger partial charge in [0.2, 0.25) is 5.78 Å². The summed E-state index contributed by atoms with van der Waals surface area (Å²) in [4.78, 5) is 42.5. The monoisotopic (exact) mass is 300 g/mol. The third-order valence-corrected chi connectivity index (χ3v) is 2.38. The van der Waals surface area contributed by atoms with Crippen LogP contribution in [0.15, 0.2) is 18.2 Å². The highest BCUT2D eigenvalue weighted by molar-refractivity contribution is 6.15. The van der Waals surface area contributed by atoms with Gasteiger partial charge in [-0.15, -0.1) is 0 Å². The number of nitro benzene ring substituents is 2. The van der Waals surface area contributed by atoms with E-state index in [0.29, 0.717) is 0 Å². The second kappa shape index (κ2) is 6.50. The molecule has 0 aliphatic heterocycles. The lowest BCUT2D eigenvalue weighted by atomic mass is 10.0. The highest BCUT2D eigenvalue weighted by Gasteiger charge is 2.38. The lowest BCUT2D eigenvalue weighted by Crippen LogP contribution is -2.29. The molecule has 112 valence electrons. The zero-order chi connectivity index (χ0) is 16.2. The molecule has 1 rings (SSSR count). The molecule has 0 bridgehead atoms. The fraction of sp³-hybridized carbons (Fsp3) is 0.273. The van der Waals surface area contributed by atoms with Gasteiger partial charge >= 0.3 is 5.97 Å². The molecule has 0 amide bonds. The van der Waals surface area contributed by atoms with E-state index in [0.717, 1.165) is 18.2 Å². The van der Waals surface area contributed by atoms with Crippen LogP contribution in [0.25, 0.3) is 0 Å². The average molecular weight is 300 g/mol. The fourth-order valence-corrected chi connectivity index (χ4v) is 1.53. The Bertz CT molecular complexity index is 584. The Morgan fingerprint density at radius 2 is 1.71 bits per heavy atom. The van der Waals surface area contributed by atoms with Gasteiger partial charge < -0.3 is 4.74 Å². The number of hydrogen-bond acceptors (Lipinski definition) is 7. The van der Waals surface area contributed by atoms with Crippen LogP contribution in [0, 0.1) is 20.2 Å². The maximum Gasteiger partial charge on any atom is 0.349 e. The summed E-state index contributed by atoms with van der Waals surface area (Å²) in [6, 6.07) is 2.58. The van der Waals surface area contributed by atoms with E-state index in [1.165, 1.54) is 6.92 Å². The number of ether oxygens (including phenoxy) is 1. The van der Waals surface area contributed by atoms with Crippen molar-refractivity contribution in [3.8, 4) is 0 Å². The summed E-state index contributed by atoms with van der Waals surface area (Å²) in [5.41, 5.74) is -2.99. The Morgan fingerprint density at radius 3 is 2.10 bits per heavy atom. The molecule has 0 aliphatic rings. The van der Waals surface area contributed by atoms with Crippen LogP contribution < -0.4 is 0 Å². The standard InChI is InChI=1S/C11H9FN2O7/c1-2-21-11(16)9(12)10(15)8-6(13(17)18)4-3-5-7(8)14(19)20/h3-5,9H,2H2,1H3. The number of hydrogen-bond donors (Lipinski definition) is 0. The van der Waals surface area contributed by atoms with E-state index in [4.69, 9.17) is 0 Å². The summed E-state index contributed by atoms with van der Waals surface area (Å²) in [6.45, 7) is 1.15. The van der Waals surface area contributed by atoms with Crippen molar-refractivity contribution in [1.82, 2.24) is 0 Å². The fourth-order valence-electron chi connectivity index (χ4n) is 1.53. The Balaban J connectivity index is 3.39. The van der Waals surface area contributed by atoms with Crippen LogP contribution in [-0.2, 0) is 9.53 Å². The molecule has 0 N–H and O–H groups in total. The smallest absolute Gasteiger partial charge is 0.349 e. The summed E-state index contributed by atoms with van der Waals surface area (Å²) < 4.78 is 18.0. The van der Waals surface area contributed by atoms with Crippen LogP contribution >= 0.6 is 0 Å². The van der Waals surface area contributed by atoms with E-state index < -0.39 is 44.7 Å². The predicted octanol–water partition coefficient (Wildman–Crippen LogP) is 1.59. The molecule has 10 heteroatoms. The maximum atomic E-state index is 13.7. The van der Waals surface area contributed by atoms with Gasteiger partial charge in [-0.05, 0) is 13.0 Å². The van der Waals surface area contributed by atoms with E-state index in [2.05, 4.69) is 4.74 Å². The Hall–Kier alpha value is -2.91. The van der Waals surface area contributed by atoms with Crippen molar-refractivity contribution < 1.29 is 28.6 Å². The molecule has 0 aromatic heterocycles. The Morgan fingerprint density at radius 1 is 1.24 bits per heavy atom. The highest BCUT2D eigenvalue weighted by atomic mass is 19.1. The molecule has 0 radical (unpaired) electrons. The minimum atomic E-state index is -2.87. The number of carbonyl (C=O) groups is 2. The molecule has 0 spiro atoms. The van der Waals surface area contributed by atoms with Crippen LogP contribution in [0.2, 0.25) is 0 Å². The van der Waals surface area contributed by atoms with Crippen molar-refractivity contribution in [3.05, 3.63) is 44.0 Å². The van der Waals surface area contributed by atoms with E-state index in [1.54, 1.807) is 0 Å². The second-order valence-corrected chi connectivity index (χ2v) is 3.66. The summed E-state index contributed by atoms with van der Waals surface area (Å²) in [5.74, 6) is -3.25. The first-order valence-electron chi connectivity index (χ1n) is 5.58. The molecule has 0 heterocycles. The summed E-state index contributed by atoms with van der Waals surface area (Å²) in [6.07, 6.45) is -2.87. The first-order chi connectivity index (χ1) is 9.81. The quantitative estimate of drug-likeness (QED) is 0.256. The molecular weight excluding hydrogens is 291 g/mol. The third kappa shape index (κ3) is 3.35. The normalized spacial score (nSPS) is 11.5. The minimum Gasteiger partial charge on any atom is -0.463 e. The Kier molecular flexibility index (Phi) is 5.00. The molecular formula is C11H9FN2O7. The van der Waals surface area contributed by atoms with Gasteiger partial charge in [-0.2, -0.15) is 0 Å². The zero-order valence-corrected chi connectivity index (χ0v) is 10.6. The largest absolute Gasteiger partial charge is 0.463 e. The average Bonchev–Trinajstić information content (AvgIpc) is 2.44. The number of carbonyl (C=O) groups excluding carboxylic acids is 2. The van der Waals surface area contributed by atoms with Gasteiger partial charge in [-0.1, -0.05) is 0 Å². The predicted molar refractivity (Wildman–Crippen MR) is 65.6 cm³/mol. The number of esters is 1.